The topological polar surface area (TPSA) is 104 Å². The molecule has 0 spiro atoms. The summed E-state index contributed by atoms with van der Waals surface area (Å²) in [5.41, 5.74) is 3.09. The monoisotopic (exact) mass is 416 g/mol. The van der Waals surface area contributed by atoms with Gasteiger partial charge in [-0.05, 0) is 45.9 Å². The SMILES string of the molecule is Cc1nn(-c2cccc(Cl)c2)nc1C(=O)O[C@H](C)C(=O)Nc1c(C)nn(C)c1C. The number of hydrogen-bond acceptors (Lipinski definition) is 6. The van der Waals surface area contributed by atoms with Crippen molar-refractivity contribution in [2.24, 2.45) is 7.05 Å². The Labute approximate surface area is 172 Å². The van der Waals surface area contributed by atoms with Crippen molar-refractivity contribution < 1.29 is 14.3 Å². The van der Waals surface area contributed by atoms with E-state index in [0.717, 1.165) is 5.69 Å². The summed E-state index contributed by atoms with van der Waals surface area (Å²) in [6, 6.07) is 6.91. The molecule has 2 heterocycles. The predicted octanol–water partition coefficient (Wildman–Crippen LogP) is 2.76. The van der Waals surface area contributed by atoms with E-state index < -0.39 is 18.0 Å². The maximum Gasteiger partial charge on any atom is 0.361 e. The number of anilines is 1. The number of hydrogen-bond donors (Lipinski definition) is 1. The van der Waals surface area contributed by atoms with Crippen LogP contribution in [0.3, 0.4) is 0 Å². The fourth-order valence-corrected chi connectivity index (χ4v) is 2.92. The van der Waals surface area contributed by atoms with Crippen LogP contribution in [0.5, 0.6) is 0 Å². The zero-order valence-electron chi connectivity index (χ0n) is 16.7. The first-order valence-electron chi connectivity index (χ1n) is 8.89. The number of ether oxygens (including phenoxy) is 1. The maximum absolute atomic E-state index is 12.5. The molecule has 3 aromatic rings. The Morgan fingerprint density at radius 3 is 2.48 bits per heavy atom. The third-order valence-electron chi connectivity index (χ3n) is 4.42. The number of aromatic nitrogens is 5. The van der Waals surface area contributed by atoms with Crippen molar-refractivity contribution in [3.63, 3.8) is 0 Å². The molecule has 1 N–H and O–H groups in total. The van der Waals surface area contributed by atoms with E-state index in [9.17, 15) is 9.59 Å². The van der Waals surface area contributed by atoms with Crippen molar-refractivity contribution >= 4 is 29.2 Å². The predicted molar refractivity (Wildman–Crippen MR) is 107 cm³/mol. The molecule has 1 atom stereocenters. The van der Waals surface area contributed by atoms with Gasteiger partial charge in [-0.15, -0.1) is 5.10 Å². The first-order chi connectivity index (χ1) is 13.7. The van der Waals surface area contributed by atoms with E-state index in [1.54, 1.807) is 49.8 Å². The van der Waals surface area contributed by atoms with Crippen LogP contribution in [0.25, 0.3) is 5.69 Å². The van der Waals surface area contributed by atoms with Crippen molar-refractivity contribution in [2.75, 3.05) is 5.32 Å². The van der Waals surface area contributed by atoms with Gasteiger partial charge in [-0.2, -0.15) is 15.0 Å². The Kier molecular flexibility index (Phi) is 5.69. The summed E-state index contributed by atoms with van der Waals surface area (Å²) in [7, 11) is 1.79. The van der Waals surface area contributed by atoms with Gasteiger partial charge in [-0.1, -0.05) is 17.7 Å². The average Bonchev–Trinajstić information content (AvgIpc) is 3.16. The van der Waals surface area contributed by atoms with Crippen molar-refractivity contribution in [3.8, 4) is 5.69 Å². The van der Waals surface area contributed by atoms with Crippen molar-refractivity contribution in [1.29, 1.82) is 0 Å². The van der Waals surface area contributed by atoms with Gasteiger partial charge in [0.05, 0.1) is 28.5 Å². The highest BCUT2D eigenvalue weighted by Gasteiger charge is 2.25. The van der Waals surface area contributed by atoms with E-state index in [4.69, 9.17) is 16.3 Å². The standard InChI is InChI=1S/C19H21ClN6O3/c1-10-16(12(3)25(5)22-10)21-18(27)13(4)29-19(28)17-11(2)23-26(24-17)15-8-6-7-14(20)9-15/h6-9,13H,1-5H3,(H,21,27)/t13-/m1/s1. The first kappa shape index (κ1) is 20.5. The van der Waals surface area contributed by atoms with Gasteiger partial charge in [0.15, 0.2) is 11.8 Å². The number of halogens is 1. The number of benzene rings is 1. The summed E-state index contributed by atoms with van der Waals surface area (Å²) in [5, 5.41) is 15.9. The highest BCUT2D eigenvalue weighted by atomic mass is 35.5. The van der Waals surface area contributed by atoms with Crippen molar-refractivity contribution in [2.45, 2.75) is 33.8 Å². The molecule has 9 nitrogen and oxygen atoms in total. The Morgan fingerprint density at radius 1 is 1.14 bits per heavy atom. The number of carbonyl (C=O) groups is 2. The molecule has 0 saturated carbocycles. The van der Waals surface area contributed by atoms with Gasteiger partial charge < -0.3 is 10.1 Å². The van der Waals surface area contributed by atoms with Crippen LogP contribution >= 0.6 is 11.6 Å². The lowest BCUT2D eigenvalue weighted by atomic mass is 10.3. The molecular formula is C19H21ClN6O3. The summed E-state index contributed by atoms with van der Waals surface area (Å²) in [5.74, 6) is -1.20. The van der Waals surface area contributed by atoms with Crippen LogP contribution in [-0.4, -0.2) is 42.8 Å². The van der Waals surface area contributed by atoms with E-state index in [0.29, 0.717) is 27.8 Å². The third-order valence-corrected chi connectivity index (χ3v) is 4.66. The van der Waals surface area contributed by atoms with Gasteiger partial charge in [0.1, 0.15) is 0 Å². The normalized spacial score (nSPS) is 11.9. The van der Waals surface area contributed by atoms with Gasteiger partial charge in [0, 0.05) is 12.1 Å². The molecule has 0 bridgehead atoms. The lowest BCUT2D eigenvalue weighted by Gasteiger charge is -2.13. The van der Waals surface area contributed by atoms with E-state index in [1.807, 2.05) is 6.92 Å². The molecule has 0 aliphatic heterocycles. The largest absolute Gasteiger partial charge is 0.448 e. The van der Waals surface area contributed by atoms with Crippen LogP contribution in [0.1, 0.15) is 34.5 Å². The van der Waals surface area contributed by atoms with E-state index >= 15 is 0 Å². The molecule has 0 aliphatic rings. The molecule has 0 unspecified atom stereocenters. The fraction of sp³-hybridized carbons (Fsp3) is 0.316. The molecule has 3 rings (SSSR count). The third kappa shape index (κ3) is 4.29. The minimum Gasteiger partial charge on any atom is -0.448 e. The van der Waals surface area contributed by atoms with Gasteiger partial charge in [0.2, 0.25) is 0 Å². The number of rotatable bonds is 5. The summed E-state index contributed by atoms with van der Waals surface area (Å²) in [4.78, 5) is 26.3. The van der Waals surface area contributed by atoms with Gasteiger partial charge in [-0.3, -0.25) is 9.48 Å². The molecule has 152 valence electrons. The highest BCUT2D eigenvalue weighted by Crippen LogP contribution is 2.19. The van der Waals surface area contributed by atoms with Gasteiger partial charge >= 0.3 is 5.97 Å². The molecule has 0 saturated heterocycles. The lowest BCUT2D eigenvalue weighted by molar-refractivity contribution is -0.123. The van der Waals surface area contributed by atoms with Gasteiger partial charge in [0.25, 0.3) is 5.91 Å². The van der Waals surface area contributed by atoms with Crippen LogP contribution in [0.4, 0.5) is 5.69 Å². The highest BCUT2D eigenvalue weighted by molar-refractivity contribution is 6.30. The molecule has 0 aliphatic carbocycles. The number of aryl methyl sites for hydroxylation is 3. The number of amides is 1. The van der Waals surface area contributed by atoms with Crippen LogP contribution in [-0.2, 0) is 16.6 Å². The molecule has 2 aromatic heterocycles. The summed E-state index contributed by atoms with van der Waals surface area (Å²) in [6.07, 6.45) is -1.03. The van der Waals surface area contributed by atoms with E-state index in [2.05, 4.69) is 20.6 Å². The van der Waals surface area contributed by atoms with Crippen LogP contribution in [0.2, 0.25) is 5.02 Å². The molecule has 0 fully saturated rings. The van der Waals surface area contributed by atoms with Crippen LogP contribution in [0, 0.1) is 20.8 Å². The second-order valence-corrected chi connectivity index (χ2v) is 7.05. The number of carbonyl (C=O) groups excluding carboxylic acids is 2. The molecule has 0 radical (unpaired) electrons. The zero-order chi connectivity index (χ0) is 21.3. The van der Waals surface area contributed by atoms with Crippen LogP contribution in [0.15, 0.2) is 24.3 Å². The second kappa shape index (κ2) is 8.04. The Bertz CT molecular complexity index is 1090. The van der Waals surface area contributed by atoms with E-state index in [1.165, 1.54) is 11.7 Å². The number of esters is 1. The fourth-order valence-electron chi connectivity index (χ4n) is 2.73. The van der Waals surface area contributed by atoms with Crippen molar-refractivity contribution in [1.82, 2.24) is 24.8 Å². The van der Waals surface area contributed by atoms with E-state index in [-0.39, 0.29) is 5.69 Å². The summed E-state index contributed by atoms with van der Waals surface area (Å²) >= 11 is 5.99. The smallest absolute Gasteiger partial charge is 0.361 e. The quantitative estimate of drug-likeness (QED) is 0.641. The molecule has 29 heavy (non-hydrogen) atoms. The Hall–Kier alpha value is -3.20. The maximum atomic E-state index is 12.5. The lowest BCUT2D eigenvalue weighted by Crippen LogP contribution is -2.30. The van der Waals surface area contributed by atoms with Crippen LogP contribution < -0.4 is 5.32 Å². The second-order valence-electron chi connectivity index (χ2n) is 6.61. The molecular weight excluding hydrogens is 396 g/mol. The minimum absolute atomic E-state index is 0.0263. The minimum atomic E-state index is -1.03. The summed E-state index contributed by atoms with van der Waals surface area (Å²) < 4.78 is 6.96. The first-order valence-corrected chi connectivity index (χ1v) is 9.27. The Balaban J connectivity index is 1.72. The number of nitrogens with zero attached hydrogens (tertiary/aromatic N) is 5. The molecule has 1 aromatic carbocycles. The molecule has 10 heteroatoms. The molecule has 1 amide bonds. The zero-order valence-corrected chi connectivity index (χ0v) is 17.5. The Morgan fingerprint density at radius 2 is 1.86 bits per heavy atom. The summed E-state index contributed by atoms with van der Waals surface area (Å²) in [6.45, 7) is 6.75. The average molecular weight is 417 g/mol. The van der Waals surface area contributed by atoms with Gasteiger partial charge in [-0.25, -0.2) is 4.79 Å². The van der Waals surface area contributed by atoms with Crippen molar-refractivity contribution in [3.05, 3.63) is 52.1 Å². The number of nitrogens with one attached hydrogen (secondary N) is 1.